The summed E-state index contributed by atoms with van der Waals surface area (Å²) in [6.45, 7) is 6.59. The quantitative estimate of drug-likeness (QED) is 0.903. The first-order valence-corrected chi connectivity index (χ1v) is 8.11. The summed E-state index contributed by atoms with van der Waals surface area (Å²) < 4.78 is 27.6. The molecule has 1 rings (SSSR count). The molecule has 0 aliphatic heterocycles. The standard InChI is InChI=1S/C10H16BrNO2S2/c1-4-10(2,3)7-12-16(13,14)9-6-5-8(11)15-9/h5-6,12H,4,7H2,1-3H3. The highest BCUT2D eigenvalue weighted by atomic mass is 79.9. The molecule has 1 heterocycles. The Bertz CT molecular complexity index is 451. The molecule has 3 nitrogen and oxygen atoms in total. The summed E-state index contributed by atoms with van der Waals surface area (Å²) in [6, 6.07) is 3.35. The van der Waals surface area contributed by atoms with Crippen molar-refractivity contribution in [1.29, 1.82) is 0 Å². The largest absolute Gasteiger partial charge is 0.250 e. The highest BCUT2D eigenvalue weighted by Gasteiger charge is 2.21. The Morgan fingerprint density at radius 3 is 2.50 bits per heavy atom. The monoisotopic (exact) mass is 325 g/mol. The molecule has 1 aromatic heterocycles. The van der Waals surface area contributed by atoms with E-state index in [2.05, 4.69) is 27.6 Å². The van der Waals surface area contributed by atoms with Crippen molar-refractivity contribution in [2.45, 2.75) is 31.4 Å². The average Bonchev–Trinajstić information content (AvgIpc) is 2.63. The summed E-state index contributed by atoms with van der Waals surface area (Å²) >= 11 is 4.47. The molecule has 0 bridgehead atoms. The summed E-state index contributed by atoms with van der Waals surface area (Å²) in [5.41, 5.74) is -0.0123. The fraction of sp³-hybridized carbons (Fsp3) is 0.600. The highest BCUT2D eigenvalue weighted by molar-refractivity contribution is 9.11. The zero-order valence-electron chi connectivity index (χ0n) is 9.58. The molecule has 0 amide bonds. The Balaban J connectivity index is 2.74. The van der Waals surface area contributed by atoms with E-state index in [9.17, 15) is 8.42 Å². The number of halogens is 1. The average molecular weight is 326 g/mol. The van der Waals surface area contributed by atoms with Gasteiger partial charge in [0.25, 0.3) is 0 Å². The van der Waals surface area contributed by atoms with Crippen LogP contribution in [0.2, 0.25) is 0 Å². The minimum Gasteiger partial charge on any atom is -0.210 e. The Morgan fingerprint density at radius 1 is 1.44 bits per heavy atom. The summed E-state index contributed by atoms with van der Waals surface area (Å²) in [5, 5.41) is 0. The molecule has 92 valence electrons. The maximum atomic E-state index is 11.9. The molecule has 0 atom stereocenters. The second kappa shape index (κ2) is 5.16. The Kier molecular flexibility index (Phi) is 4.57. The van der Waals surface area contributed by atoms with Gasteiger partial charge in [0.15, 0.2) is 0 Å². The lowest BCUT2D eigenvalue weighted by molar-refractivity contribution is 0.350. The van der Waals surface area contributed by atoms with Gasteiger partial charge in [0.2, 0.25) is 10.0 Å². The van der Waals surface area contributed by atoms with E-state index in [-0.39, 0.29) is 5.41 Å². The third kappa shape index (κ3) is 3.84. The fourth-order valence-corrected chi connectivity index (χ4v) is 4.22. The van der Waals surface area contributed by atoms with E-state index >= 15 is 0 Å². The molecular weight excluding hydrogens is 310 g/mol. The maximum Gasteiger partial charge on any atom is 0.250 e. The van der Waals surface area contributed by atoms with E-state index in [1.54, 1.807) is 12.1 Å². The van der Waals surface area contributed by atoms with Gasteiger partial charge < -0.3 is 0 Å². The van der Waals surface area contributed by atoms with Gasteiger partial charge in [0.1, 0.15) is 4.21 Å². The van der Waals surface area contributed by atoms with Crippen molar-refractivity contribution in [1.82, 2.24) is 4.72 Å². The lowest BCUT2D eigenvalue weighted by Crippen LogP contribution is -2.33. The van der Waals surface area contributed by atoms with Gasteiger partial charge >= 0.3 is 0 Å². The summed E-state index contributed by atoms with van der Waals surface area (Å²) in [7, 11) is -3.34. The van der Waals surface area contributed by atoms with Gasteiger partial charge in [0.05, 0.1) is 3.79 Å². The van der Waals surface area contributed by atoms with Crippen LogP contribution in [0.15, 0.2) is 20.1 Å². The Morgan fingerprint density at radius 2 is 2.06 bits per heavy atom. The Labute approximate surface area is 109 Å². The number of nitrogens with one attached hydrogen (secondary N) is 1. The third-order valence-electron chi connectivity index (χ3n) is 2.51. The van der Waals surface area contributed by atoms with Crippen LogP contribution < -0.4 is 4.72 Å². The predicted octanol–water partition coefficient (Wildman–Crippen LogP) is 3.23. The first-order chi connectivity index (χ1) is 7.27. The third-order valence-corrected chi connectivity index (χ3v) is 6.03. The summed E-state index contributed by atoms with van der Waals surface area (Å²) in [4.78, 5) is 0. The van der Waals surface area contributed by atoms with Crippen LogP contribution in [-0.4, -0.2) is 15.0 Å². The van der Waals surface area contributed by atoms with Gasteiger partial charge in [-0.3, -0.25) is 0 Å². The minimum atomic E-state index is -3.34. The van der Waals surface area contributed by atoms with Crippen LogP contribution in [0.1, 0.15) is 27.2 Å². The smallest absolute Gasteiger partial charge is 0.210 e. The molecule has 0 fully saturated rings. The molecule has 0 spiro atoms. The molecule has 0 radical (unpaired) electrons. The van der Waals surface area contributed by atoms with Gasteiger partial charge in [-0.25, -0.2) is 13.1 Å². The molecule has 0 saturated carbocycles. The minimum absolute atomic E-state index is 0.0123. The van der Waals surface area contributed by atoms with Gasteiger partial charge in [-0.2, -0.15) is 0 Å². The number of sulfonamides is 1. The zero-order valence-corrected chi connectivity index (χ0v) is 12.8. The van der Waals surface area contributed by atoms with Crippen LogP contribution in [-0.2, 0) is 10.0 Å². The molecule has 0 unspecified atom stereocenters. The highest BCUT2D eigenvalue weighted by Crippen LogP contribution is 2.26. The molecule has 6 heteroatoms. The molecule has 0 saturated heterocycles. The second-order valence-electron chi connectivity index (χ2n) is 4.40. The van der Waals surface area contributed by atoms with Crippen LogP contribution in [0.25, 0.3) is 0 Å². The van der Waals surface area contributed by atoms with Crippen LogP contribution in [0.5, 0.6) is 0 Å². The molecule has 0 aliphatic rings. The lowest BCUT2D eigenvalue weighted by atomic mass is 9.91. The van der Waals surface area contributed by atoms with E-state index in [1.807, 2.05) is 13.8 Å². The Hall–Kier alpha value is 0.0900. The predicted molar refractivity (Wildman–Crippen MR) is 71.3 cm³/mol. The molecule has 1 aromatic rings. The van der Waals surface area contributed by atoms with Gasteiger partial charge in [0, 0.05) is 6.54 Å². The zero-order chi connectivity index (χ0) is 12.4. The molecule has 16 heavy (non-hydrogen) atoms. The number of hydrogen-bond acceptors (Lipinski definition) is 3. The van der Waals surface area contributed by atoms with E-state index in [0.29, 0.717) is 10.8 Å². The van der Waals surface area contributed by atoms with Crippen molar-refractivity contribution in [3.8, 4) is 0 Å². The number of hydrogen-bond donors (Lipinski definition) is 1. The number of rotatable bonds is 5. The van der Waals surface area contributed by atoms with Gasteiger partial charge in [-0.1, -0.05) is 20.8 Å². The topological polar surface area (TPSA) is 46.2 Å². The maximum absolute atomic E-state index is 11.9. The summed E-state index contributed by atoms with van der Waals surface area (Å²) in [6.07, 6.45) is 0.934. The van der Waals surface area contributed by atoms with Crippen molar-refractivity contribution in [2.75, 3.05) is 6.54 Å². The lowest BCUT2D eigenvalue weighted by Gasteiger charge is -2.22. The van der Waals surface area contributed by atoms with Crippen LogP contribution in [0.3, 0.4) is 0 Å². The normalized spacial score (nSPS) is 13.0. The van der Waals surface area contributed by atoms with Crippen molar-refractivity contribution in [2.24, 2.45) is 5.41 Å². The van der Waals surface area contributed by atoms with Gasteiger partial charge in [-0.15, -0.1) is 11.3 Å². The van der Waals surface area contributed by atoms with E-state index in [1.165, 1.54) is 11.3 Å². The van der Waals surface area contributed by atoms with Crippen molar-refractivity contribution < 1.29 is 8.42 Å². The molecular formula is C10H16BrNO2S2. The first-order valence-electron chi connectivity index (χ1n) is 5.02. The van der Waals surface area contributed by atoms with Crippen molar-refractivity contribution in [3.05, 3.63) is 15.9 Å². The molecule has 0 aliphatic carbocycles. The van der Waals surface area contributed by atoms with Crippen molar-refractivity contribution >= 4 is 37.3 Å². The molecule has 1 N–H and O–H groups in total. The second-order valence-corrected chi connectivity index (χ2v) is 8.86. The van der Waals surface area contributed by atoms with E-state index < -0.39 is 10.0 Å². The number of thiophene rings is 1. The van der Waals surface area contributed by atoms with Crippen LogP contribution >= 0.6 is 27.3 Å². The first kappa shape index (κ1) is 14.2. The molecule has 0 aromatic carbocycles. The van der Waals surface area contributed by atoms with Crippen molar-refractivity contribution in [3.63, 3.8) is 0 Å². The van der Waals surface area contributed by atoms with Crippen LogP contribution in [0.4, 0.5) is 0 Å². The summed E-state index contributed by atoms with van der Waals surface area (Å²) in [5.74, 6) is 0. The van der Waals surface area contributed by atoms with Crippen LogP contribution in [0, 0.1) is 5.41 Å². The van der Waals surface area contributed by atoms with E-state index in [0.717, 1.165) is 10.2 Å². The van der Waals surface area contributed by atoms with Gasteiger partial charge in [-0.05, 0) is 39.9 Å². The SMILES string of the molecule is CCC(C)(C)CNS(=O)(=O)c1ccc(Br)s1. The van der Waals surface area contributed by atoms with E-state index in [4.69, 9.17) is 0 Å². The fourth-order valence-electron chi connectivity index (χ4n) is 0.929.